The second kappa shape index (κ2) is 4.35. The van der Waals surface area contributed by atoms with Crippen LogP contribution in [-0.2, 0) is 4.74 Å². The average molecular weight is 184 g/mol. The summed E-state index contributed by atoms with van der Waals surface area (Å²) in [4.78, 5) is 2.92. The molecule has 1 atom stereocenters. The van der Waals surface area contributed by atoms with E-state index in [0.29, 0.717) is 11.2 Å². The smallest absolute Gasteiger partial charge is 0.108 e. The third kappa shape index (κ3) is 2.14. The molecule has 12 heavy (non-hydrogen) atoms. The zero-order valence-corrected chi connectivity index (χ0v) is 7.73. The summed E-state index contributed by atoms with van der Waals surface area (Å²) in [6.45, 7) is 0.488. The van der Waals surface area contributed by atoms with Crippen molar-refractivity contribution in [2.24, 2.45) is 5.73 Å². The highest BCUT2D eigenvalue weighted by atomic mass is 32.1. The van der Waals surface area contributed by atoms with Crippen LogP contribution in [0.25, 0.3) is 0 Å². The highest BCUT2D eigenvalue weighted by Gasteiger charge is 2.05. The zero-order valence-electron chi connectivity index (χ0n) is 6.91. The Kier molecular flexibility index (Phi) is 3.40. The fraction of sp³-hybridized carbons (Fsp3) is 0.375. The summed E-state index contributed by atoms with van der Waals surface area (Å²) in [6, 6.07) is 3.64. The fourth-order valence-electron chi connectivity index (χ4n) is 0.996. The topological polar surface area (TPSA) is 51.0 Å². The molecule has 3 nitrogen and oxygen atoms in total. The van der Waals surface area contributed by atoms with Crippen molar-refractivity contribution in [2.75, 3.05) is 13.7 Å². The van der Waals surface area contributed by atoms with E-state index in [1.165, 1.54) is 0 Å². The maximum atomic E-state index is 5.79. The molecule has 0 saturated carbocycles. The van der Waals surface area contributed by atoms with Crippen molar-refractivity contribution in [1.29, 1.82) is 0 Å². The number of aromatic nitrogens is 1. The standard InChI is InChI=1S/C8H12N2OS/c1-11-5-7(9)6-3-2-4-10-8(6)12/h2-4,7H,5,9H2,1H3,(H,10,12)/t7-/m1/s1. The lowest BCUT2D eigenvalue weighted by Crippen LogP contribution is -2.16. The van der Waals surface area contributed by atoms with Gasteiger partial charge in [-0.3, -0.25) is 0 Å². The van der Waals surface area contributed by atoms with Gasteiger partial charge in [-0.25, -0.2) is 0 Å². The van der Waals surface area contributed by atoms with Crippen molar-refractivity contribution in [2.45, 2.75) is 6.04 Å². The van der Waals surface area contributed by atoms with Gasteiger partial charge in [-0.1, -0.05) is 18.3 Å². The largest absolute Gasteiger partial charge is 0.383 e. The molecule has 0 saturated heterocycles. The van der Waals surface area contributed by atoms with Gasteiger partial charge in [-0.15, -0.1) is 0 Å². The van der Waals surface area contributed by atoms with Gasteiger partial charge in [0.1, 0.15) is 4.64 Å². The Labute approximate surface area is 76.6 Å². The molecule has 0 bridgehead atoms. The van der Waals surface area contributed by atoms with Crippen LogP contribution in [-0.4, -0.2) is 18.7 Å². The van der Waals surface area contributed by atoms with E-state index in [9.17, 15) is 0 Å². The number of hydrogen-bond acceptors (Lipinski definition) is 3. The predicted molar refractivity (Wildman–Crippen MR) is 50.4 cm³/mol. The number of nitrogens with two attached hydrogens (primary N) is 1. The van der Waals surface area contributed by atoms with Crippen molar-refractivity contribution < 1.29 is 4.74 Å². The molecule has 0 amide bonds. The lowest BCUT2D eigenvalue weighted by Gasteiger charge is -2.09. The summed E-state index contributed by atoms with van der Waals surface area (Å²) < 4.78 is 5.61. The monoisotopic (exact) mass is 184 g/mol. The van der Waals surface area contributed by atoms with E-state index in [1.807, 2.05) is 12.1 Å². The summed E-state index contributed by atoms with van der Waals surface area (Å²) in [5, 5.41) is 0. The first-order valence-electron chi connectivity index (χ1n) is 3.68. The number of aromatic amines is 1. The van der Waals surface area contributed by atoms with Crippen LogP contribution in [0.2, 0.25) is 0 Å². The molecular formula is C8H12N2OS. The zero-order chi connectivity index (χ0) is 8.97. The first-order chi connectivity index (χ1) is 5.75. The molecule has 1 aromatic rings. The molecule has 4 heteroatoms. The summed E-state index contributed by atoms with van der Waals surface area (Å²) in [7, 11) is 1.62. The molecule has 0 aliphatic rings. The van der Waals surface area contributed by atoms with Crippen molar-refractivity contribution in [1.82, 2.24) is 4.98 Å². The molecule has 3 N–H and O–H groups in total. The van der Waals surface area contributed by atoms with Gasteiger partial charge in [0.15, 0.2) is 0 Å². The van der Waals surface area contributed by atoms with Crippen molar-refractivity contribution >= 4 is 12.2 Å². The Bertz CT molecular complexity index is 297. The molecule has 0 fully saturated rings. The first-order valence-corrected chi connectivity index (χ1v) is 4.08. The lowest BCUT2D eigenvalue weighted by atomic mass is 10.1. The number of hydrogen-bond donors (Lipinski definition) is 2. The molecule has 0 aliphatic carbocycles. The molecule has 0 unspecified atom stereocenters. The predicted octanol–water partition coefficient (Wildman–Crippen LogP) is 1.39. The lowest BCUT2D eigenvalue weighted by molar-refractivity contribution is 0.180. The molecule has 0 spiro atoms. The number of H-pyrrole nitrogens is 1. The van der Waals surface area contributed by atoms with Crippen molar-refractivity contribution in [3.63, 3.8) is 0 Å². The van der Waals surface area contributed by atoms with E-state index in [1.54, 1.807) is 13.3 Å². The van der Waals surface area contributed by atoms with E-state index < -0.39 is 0 Å². The van der Waals surface area contributed by atoms with Crippen LogP contribution in [0.4, 0.5) is 0 Å². The summed E-state index contributed by atoms with van der Waals surface area (Å²) in [6.07, 6.45) is 1.78. The molecule has 1 aromatic heterocycles. The van der Waals surface area contributed by atoms with Crippen molar-refractivity contribution in [3.8, 4) is 0 Å². The Balaban J connectivity index is 2.87. The molecule has 0 radical (unpaired) electrons. The third-order valence-electron chi connectivity index (χ3n) is 1.59. The van der Waals surface area contributed by atoms with Gasteiger partial charge in [-0.05, 0) is 6.07 Å². The normalized spacial score (nSPS) is 12.8. The number of methoxy groups -OCH3 is 1. The van der Waals surface area contributed by atoms with Gasteiger partial charge in [0.05, 0.1) is 12.6 Å². The number of nitrogens with one attached hydrogen (secondary N) is 1. The van der Waals surface area contributed by atoms with Gasteiger partial charge in [0.25, 0.3) is 0 Å². The molecular weight excluding hydrogens is 172 g/mol. The quantitative estimate of drug-likeness (QED) is 0.698. The van der Waals surface area contributed by atoms with Crippen LogP contribution < -0.4 is 5.73 Å². The van der Waals surface area contributed by atoms with E-state index in [2.05, 4.69) is 4.98 Å². The van der Waals surface area contributed by atoms with Crippen LogP contribution in [0.3, 0.4) is 0 Å². The van der Waals surface area contributed by atoms with E-state index in [4.69, 9.17) is 22.7 Å². The average Bonchev–Trinajstić information content (AvgIpc) is 2.05. The minimum Gasteiger partial charge on any atom is -0.383 e. The molecule has 66 valence electrons. The summed E-state index contributed by atoms with van der Waals surface area (Å²) in [5.41, 5.74) is 6.72. The molecule has 0 aromatic carbocycles. The van der Waals surface area contributed by atoms with Crippen LogP contribution in [0.15, 0.2) is 18.3 Å². The Morgan fingerprint density at radius 2 is 2.50 bits per heavy atom. The van der Waals surface area contributed by atoms with Crippen molar-refractivity contribution in [3.05, 3.63) is 28.5 Å². The van der Waals surface area contributed by atoms with Gasteiger partial charge < -0.3 is 15.5 Å². The molecule has 1 heterocycles. The second-order valence-electron chi connectivity index (χ2n) is 2.52. The van der Waals surface area contributed by atoms with Gasteiger partial charge in [0.2, 0.25) is 0 Å². The van der Waals surface area contributed by atoms with E-state index in [0.717, 1.165) is 5.56 Å². The Morgan fingerprint density at radius 3 is 3.08 bits per heavy atom. The SMILES string of the molecule is COC[C@@H](N)c1ccc[nH]c1=S. The van der Waals surface area contributed by atoms with E-state index >= 15 is 0 Å². The maximum Gasteiger partial charge on any atom is 0.108 e. The molecule has 0 aliphatic heterocycles. The van der Waals surface area contributed by atoms with Crippen LogP contribution in [0.1, 0.15) is 11.6 Å². The van der Waals surface area contributed by atoms with Gasteiger partial charge in [0, 0.05) is 18.9 Å². The third-order valence-corrected chi connectivity index (χ3v) is 1.95. The van der Waals surface area contributed by atoms with Gasteiger partial charge in [-0.2, -0.15) is 0 Å². The Morgan fingerprint density at radius 1 is 1.75 bits per heavy atom. The summed E-state index contributed by atoms with van der Waals surface area (Å²) in [5.74, 6) is 0. The van der Waals surface area contributed by atoms with Crippen LogP contribution in [0, 0.1) is 4.64 Å². The molecule has 1 rings (SSSR count). The number of rotatable bonds is 3. The fourth-order valence-corrected chi connectivity index (χ4v) is 1.28. The number of ether oxygens (including phenoxy) is 1. The van der Waals surface area contributed by atoms with Crippen LogP contribution >= 0.6 is 12.2 Å². The van der Waals surface area contributed by atoms with Crippen LogP contribution in [0.5, 0.6) is 0 Å². The van der Waals surface area contributed by atoms with Gasteiger partial charge >= 0.3 is 0 Å². The highest BCUT2D eigenvalue weighted by molar-refractivity contribution is 7.71. The second-order valence-corrected chi connectivity index (χ2v) is 2.92. The van der Waals surface area contributed by atoms with E-state index in [-0.39, 0.29) is 6.04 Å². The minimum atomic E-state index is -0.139. The number of pyridine rings is 1. The highest BCUT2D eigenvalue weighted by Crippen LogP contribution is 2.09. The minimum absolute atomic E-state index is 0.139. The first kappa shape index (κ1) is 9.38. The maximum absolute atomic E-state index is 5.79. The summed E-state index contributed by atoms with van der Waals surface area (Å²) >= 11 is 5.05. The Hall–Kier alpha value is -0.710.